The topological polar surface area (TPSA) is 134 Å². The molecule has 1 aliphatic carbocycles. The van der Waals surface area contributed by atoms with Crippen LogP contribution in [0, 0.1) is 5.92 Å². The number of nitrogens with two attached hydrogens (primary N) is 1. The minimum absolute atomic E-state index is 0.0487. The van der Waals surface area contributed by atoms with Crippen molar-refractivity contribution in [1.29, 1.82) is 0 Å². The highest BCUT2D eigenvalue weighted by Crippen LogP contribution is 2.28. The van der Waals surface area contributed by atoms with E-state index in [9.17, 15) is 9.59 Å². The maximum atomic E-state index is 13.2. The van der Waals surface area contributed by atoms with Gasteiger partial charge in [-0.25, -0.2) is 4.99 Å². The van der Waals surface area contributed by atoms with Gasteiger partial charge in [0.15, 0.2) is 5.96 Å². The standard InChI is InChI=1S/C27H32ClN7O2/c28-22-12-8-19(9-13-22)15-25(36)33-27(29)32-23(14-18-4-2-1-3-5-18)26(37)30-16-20-6-10-21(11-7-20)24-17-31-35-34-24/h6-13,18,23H,1-5,14-17H2,(H,30,37)(H3,29,32,33,36)/t23-/m1/s1. The molecule has 10 heteroatoms. The molecular weight excluding hydrogens is 490 g/mol. The van der Waals surface area contributed by atoms with Crippen LogP contribution in [0.2, 0.25) is 5.02 Å². The van der Waals surface area contributed by atoms with Gasteiger partial charge in [-0.15, -0.1) is 5.10 Å². The van der Waals surface area contributed by atoms with Gasteiger partial charge in [-0.3, -0.25) is 14.9 Å². The number of nitrogens with zero attached hydrogens (tertiary/aromatic N) is 4. The number of carbonyl (C=O) groups is 2. The molecule has 1 heterocycles. The van der Waals surface area contributed by atoms with Crippen LogP contribution in [0.1, 0.15) is 55.2 Å². The number of amides is 2. The van der Waals surface area contributed by atoms with Crippen LogP contribution in [0.15, 0.2) is 69.0 Å². The van der Waals surface area contributed by atoms with E-state index >= 15 is 0 Å². The Bertz CT molecular complexity index is 1170. The Labute approximate surface area is 221 Å². The third kappa shape index (κ3) is 8.21. The molecule has 1 fully saturated rings. The monoisotopic (exact) mass is 521 g/mol. The summed E-state index contributed by atoms with van der Waals surface area (Å²) >= 11 is 5.91. The minimum atomic E-state index is -0.672. The predicted molar refractivity (Wildman–Crippen MR) is 144 cm³/mol. The number of aliphatic imine (C=N–C) groups is 1. The third-order valence-corrected chi connectivity index (χ3v) is 6.88. The van der Waals surface area contributed by atoms with E-state index in [0.717, 1.165) is 48.1 Å². The predicted octanol–water partition coefficient (Wildman–Crippen LogP) is 4.14. The molecule has 2 aliphatic rings. The van der Waals surface area contributed by atoms with Crippen LogP contribution in [0.3, 0.4) is 0 Å². The van der Waals surface area contributed by atoms with Crippen molar-refractivity contribution in [3.63, 3.8) is 0 Å². The van der Waals surface area contributed by atoms with Gasteiger partial charge in [0.25, 0.3) is 0 Å². The van der Waals surface area contributed by atoms with Crippen molar-refractivity contribution in [2.75, 3.05) is 6.54 Å². The number of hydrogen-bond donors (Lipinski definition) is 3. The summed E-state index contributed by atoms with van der Waals surface area (Å²) in [7, 11) is 0. The summed E-state index contributed by atoms with van der Waals surface area (Å²) in [6.07, 6.45) is 6.44. The Morgan fingerprint density at radius 1 is 1.03 bits per heavy atom. The lowest BCUT2D eigenvalue weighted by Crippen LogP contribution is -2.42. The first-order valence-corrected chi connectivity index (χ1v) is 13.0. The molecule has 0 bridgehead atoms. The van der Waals surface area contributed by atoms with E-state index in [-0.39, 0.29) is 24.2 Å². The van der Waals surface area contributed by atoms with Crippen LogP contribution in [0.5, 0.6) is 0 Å². The fraction of sp³-hybridized carbons (Fsp3) is 0.407. The Balaban J connectivity index is 1.36. The third-order valence-electron chi connectivity index (χ3n) is 6.63. The van der Waals surface area contributed by atoms with Crippen molar-refractivity contribution in [3.8, 4) is 0 Å². The van der Waals surface area contributed by atoms with Gasteiger partial charge in [-0.2, -0.15) is 5.11 Å². The maximum Gasteiger partial charge on any atom is 0.245 e. The first-order valence-electron chi connectivity index (χ1n) is 12.6. The first kappa shape index (κ1) is 26.5. The van der Waals surface area contributed by atoms with Crippen LogP contribution < -0.4 is 16.4 Å². The van der Waals surface area contributed by atoms with Crippen LogP contribution in [-0.4, -0.2) is 36.1 Å². The lowest BCUT2D eigenvalue weighted by atomic mass is 9.84. The van der Waals surface area contributed by atoms with Gasteiger partial charge >= 0.3 is 0 Å². The highest BCUT2D eigenvalue weighted by atomic mass is 35.5. The molecule has 4 N–H and O–H groups in total. The number of benzene rings is 2. The van der Waals surface area contributed by atoms with E-state index < -0.39 is 6.04 Å². The molecule has 0 aromatic heterocycles. The fourth-order valence-electron chi connectivity index (χ4n) is 4.62. The second-order valence-electron chi connectivity index (χ2n) is 9.47. The van der Waals surface area contributed by atoms with E-state index in [1.165, 1.54) is 6.42 Å². The summed E-state index contributed by atoms with van der Waals surface area (Å²) in [5.41, 5.74) is 9.61. The zero-order valence-electron chi connectivity index (χ0n) is 20.7. The van der Waals surface area contributed by atoms with Gasteiger partial charge in [0.2, 0.25) is 11.8 Å². The second-order valence-corrected chi connectivity index (χ2v) is 9.91. The van der Waals surface area contributed by atoms with Gasteiger partial charge in [-0.05, 0) is 46.4 Å². The minimum Gasteiger partial charge on any atom is -0.370 e. The summed E-state index contributed by atoms with van der Waals surface area (Å²) < 4.78 is 0. The Kier molecular flexibility index (Phi) is 9.37. The molecule has 2 aromatic carbocycles. The van der Waals surface area contributed by atoms with E-state index in [4.69, 9.17) is 17.3 Å². The van der Waals surface area contributed by atoms with Gasteiger partial charge in [0, 0.05) is 11.6 Å². The molecule has 9 nitrogen and oxygen atoms in total. The summed E-state index contributed by atoms with van der Waals surface area (Å²) in [5.74, 6) is -0.143. The molecule has 37 heavy (non-hydrogen) atoms. The lowest BCUT2D eigenvalue weighted by molar-refractivity contribution is -0.123. The molecule has 0 saturated heterocycles. The van der Waals surface area contributed by atoms with E-state index in [1.807, 2.05) is 24.3 Å². The average Bonchev–Trinajstić information content (AvgIpc) is 3.44. The van der Waals surface area contributed by atoms with E-state index in [1.54, 1.807) is 24.3 Å². The van der Waals surface area contributed by atoms with E-state index in [0.29, 0.717) is 30.5 Å². The molecule has 0 spiro atoms. The van der Waals surface area contributed by atoms with Gasteiger partial charge < -0.3 is 11.1 Å². The Hall–Kier alpha value is -3.59. The summed E-state index contributed by atoms with van der Waals surface area (Å²) in [6.45, 7) is 0.842. The number of nitrogens with one attached hydrogen (secondary N) is 2. The van der Waals surface area contributed by atoms with Crippen LogP contribution in [-0.2, 0) is 22.6 Å². The zero-order chi connectivity index (χ0) is 26.0. The number of halogens is 1. The average molecular weight is 522 g/mol. The van der Waals surface area contributed by atoms with Gasteiger partial charge in [-0.1, -0.05) is 80.1 Å². The molecule has 1 saturated carbocycles. The zero-order valence-corrected chi connectivity index (χ0v) is 21.5. The van der Waals surface area contributed by atoms with Crippen molar-refractivity contribution in [2.45, 2.75) is 57.5 Å². The molecule has 0 unspecified atom stereocenters. The molecular formula is C27H32ClN7O2. The van der Waals surface area contributed by atoms with E-state index in [2.05, 4.69) is 31.1 Å². The number of rotatable bonds is 9. The lowest BCUT2D eigenvalue weighted by Gasteiger charge is -2.24. The van der Waals surface area contributed by atoms with Crippen molar-refractivity contribution < 1.29 is 9.59 Å². The molecule has 1 aliphatic heterocycles. The van der Waals surface area contributed by atoms with Crippen LogP contribution >= 0.6 is 11.6 Å². The summed E-state index contributed by atoms with van der Waals surface area (Å²) in [5, 5.41) is 17.7. The normalized spacial score (nSPS) is 16.8. The Morgan fingerprint density at radius 3 is 2.41 bits per heavy atom. The summed E-state index contributed by atoms with van der Waals surface area (Å²) in [4.78, 5) is 30.1. The molecule has 0 radical (unpaired) electrons. The Morgan fingerprint density at radius 2 is 1.73 bits per heavy atom. The van der Waals surface area contributed by atoms with Crippen molar-refractivity contribution >= 4 is 35.1 Å². The molecule has 2 amide bonds. The fourth-order valence-corrected chi connectivity index (χ4v) is 4.74. The summed E-state index contributed by atoms with van der Waals surface area (Å²) in [6, 6.07) is 14.1. The highest BCUT2D eigenvalue weighted by molar-refractivity contribution is 6.30. The number of guanidine groups is 1. The SMILES string of the molecule is NC(=N[C@H](CC1CCCCC1)C(=O)NCc1ccc(C2=NN=NC2)cc1)NC(=O)Cc1ccc(Cl)cc1. The van der Waals surface area contributed by atoms with Crippen LogP contribution in [0.25, 0.3) is 0 Å². The van der Waals surface area contributed by atoms with Crippen molar-refractivity contribution in [2.24, 2.45) is 32.1 Å². The molecule has 1 atom stereocenters. The first-order chi connectivity index (χ1) is 18.0. The maximum absolute atomic E-state index is 13.2. The van der Waals surface area contributed by atoms with Crippen molar-refractivity contribution in [1.82, 2.24) is 10.6 Å². The molecule has 4 rings (SSSR count). The highest BCUT2D eigenvalue weighted by Gasteiger charge is 2.24. The smallest absolute Gasteiger partial charge is 0.245 e. The van der Waals surface area contributed by atoms with Crippen LogP contribution in [0.4, 0.5) is 0 Å². The quantitative estimate of drug-likeness (QED) is 0.338. The number of carbonyl (C=O) groups excluding carboxylic acids is 2. The largest absolute Gasteiger partial charge is 0.370 e. The number of hydrogen-bond acceptors (Lipinski definition) is 6. The second kappa shape index (κ2) is 13.1. The van der Waals surface area contributed by atoms with Crippen molar-refractivity contribution in [3.05, 3.63) is 70.2 Å². The van der Waals surface area contributed by atoms with Gasteiger partial charge in [0.1, 0.15) is 12.6 Å². The molecule has 2 aromatic rings. The van der Waals surface area contributed by atoms with Gasteiger partial charge in [0.05, 0.1) is 12.1 Å². The molecule has 194 valence electrons.